The van der Waals surface area contributed by atoms with Gasteiger partial charge in [0.1, 0.15) is 0 Å². The van der Waals surface area contributed by atoms with E-state index in [0.29, 0.717) is 23.0 Å². The van der Waals surface area contributed by atoms with Gasteiger partial charge in [-0.25, -0.2) is 9.59 Å². The summed E-state index contributed by atoms with van der Waals surface area (Å²) in [6.07, 6.45) is 17.3. The van der Waals surface area contributed by atoms with Gasteiger partial charge in [0.2, 0.25) is 0 Å². The second-order valence-electron chi connectivity index (χ2n) is 10.5. The molecule has 0 atom stereocenters. The van der Waals surface area contributed by atoms with Crippen LogP contribution < -0.4 is 0 Å². The highest BCUT2D eigenvalue weighted by atomic mass is 16.5. The molecule has 2 saturated carbocycles. The molecule has 0 radical (unpaired) electrons. The summed E-state index contributed by atoms with van der Waals surface area (Å²) in [6, 6.07) is 11.2. The molecule has 194 valence electrons. The third kappa shape index (κ3) is 5.43. The number of hydrogen-bond acceptors (Lipinski definition) is 3. The normalized spacial score (nSPS) is 16.9. The average molecular weight is 501 g/mol. The number of methoxy groups -OCH3 is 1. The SMILES string of the molecule is COC(=O)c1ccc2c(C3CCCCC3)c[nH]c2c1.O=C(O)c1ccc2c(C3CCCCC3)c[nH]c2c1. The largest absolute Gasteiger partial charge is 0.478 e. The molecular formula is C31H36N2O4. The number of carboxylic acids is 1. The number of ether oxygens (including phenoxy) is 1. The van der Waals surface area contributed by atoms with Gasteiger partial charge in [-0.2, -0.15) is 0 Å². The maximum atomic E-state index is 11.5. The highest BCUT2D eigenvalue weighted by Gasteiger charge is 2.20. The fraction of sp³-hybridized carbons (Fsp3) is 0.419. The van der Waals surface area contributed by atoms with Gasteiger partial charge in [-0.05, 0) is 72.9 Å². The maximum Gasteiger partial charge on any atom is 0.337 e. The number of rotatable bonds is 4. The van der Waals surface area contributed by atoms with Crippen molar-refractivity contribution >= 4 is 33.7 Å². The molecule has 6 nitrogen and oxygen atoms in total. The lowest BCUT2D eigenvalue weighted by atomic mass is 9.84. The Hall–Kier alpha value is -3.54. The van der Waals surface area contributed by atoms with Gasteiger partial charge in [0.25, 0.3) is 0 Å². The molecule has 0 saturated heterocycles. The summed E-state index contributed by atoms with van der Waals surface area (Å²) in [6.45, 7) is 0. The number of benzene rings is 2. The van der Waals surface area contributed by atoms with Gasteiger partial charge in [0.15, 0.2) is 0 Å². The maximum absolute atomic E-state index is 11.5. The smallest absolute Gasteiger partial charge is 0.337 e. The number of carboxylic acid groups (broad SMARTS) is 1. The van der Waals surface area contributed by atoms with E-state index in [1.54, 1.807) is 12.1 Å². The molecule has 4 aromatic rings. The lowest BCUT2D eigenvalue weighted by Crippen LogP contribution is -2.04. The summed E-state index contributed by atoms with van der Waals surface area (Å²) in [5.41, 5.74) is 5.69. The Bertz CT molecular complexity index is 1390. The molecule has 3 N–H and O–H groups in total. The van der Waals surface area contributed by atoms with Crippen molar-refractivity contribution in [2.45, 2.75) is 76.0 Å². The molecule has 2 fully saturated rings. The lowest BCUT2D eigenvalue weighted by molar-refractivity contribution is 0.0600. The van der Waals surface area contributed by atoms with E-state index in [0.717, 1.165) is 11.0 Å². The van der Waals surface area contributed by atoms with Crippen LogP contribution in [0, 0.1) is 0 Å². The highest BCUT2D eigenvalue weighted by molar-refractivity contribution is 5.96. The van der Waals surface area contributed by atoms with E-state index >= 15 is 0 Å². The third-order valence-electron chi connectivity index (χ3n) is 8.19. The number of carbonyl (C=O) groups excluding carboxylic acids is 1. The van der Waals surface area contributed by atoms with Crippen molar-refractivity contribution in [1.29, 1.82) is 0 Å². The number of nitrogens with one attached hydrogen (secondary N) is 2. The lowest BCUT2D eigenvalue weighted by Gasteiger charge is -2.21. The predicted molar refractivity (Wildman–Crippen MR) is 147 cm³/mol. The Balaban J connectivity index is 0.000000152. The first kappa shape index (κ1) is 25.1. The van der Waals surface area contributed by atoms with Crippen molar-refractivity contribution in [2.24, 2.45) is 0 Å². The minimum Gasteiger partial charge on any atom is -0.478 e. The Morgan fingerprint density at radius 2 is 1.19 bits per heavy atom. The van der Waals surface area contributed by atoms with Gasteiger partial charge in [0.05, 0.1) is 18.2 Å². The predicted octanol–water partition coefficient (Wildman–Crippen LogP) is 7.92. The number of aromatic amines is 2. The molecule has 2 heterocycles. The molecule has 2 aromatic heterocycles. The van der Waals surface area contributed by atoms with Gasteiger partial charge in [-0.3, -0.25) is 0 Å². The van der Waals surface area contributed by atoms with Crippen LogP contribution in [0.15, 0.2) is 48.8 Å². The van der Waals surface area contributed by atoms with Crippen LogP contribution in [-0.4, -0.2) is 34.1 Å². The second kappa shape index (κ2) is 11.2. The summed E-state index contributed by atoms with van der Waals surface area (Å²) in [4.78, 5) is 29.0. The number of carbonyl (C=O) groups is 2. The topological polar surface area (TPSA) is 95.2 Å². The number of aromatic nitrogens is 2. The molecule has 6 rings (SSSR count). The Labute approximate surface area is 217 Å². The van der Waals surface area contributed by atoms with E-state index in [2.05, 4.69) is 22.4 Å². The molecular weight excluding hydrogens is 464 g/mol. The average Bonchev–Trinajstić information content (AvgIpc) is 3.57. The van der Waals surface area contributed by atoms with Gasteiger partial charge in [0, 0.05) is 34.2 Å². The van der Waals surface area contributed by atoms with Crippen molar-refractivity contribution in [1.82, 2.24) is 9.97 Å². The zero-order valence-corrected chi connectivity index (χ0v) is 21.5. The van der Waals surface area contributed by atoms with Crippen molar-refractivity contribution in [2.75, 3.05) is 7.11 Å². The van der Waals surface area contributed by atoms with Crippen LogP contribution in [0.3, 0.4) is 0 Å². The first-order valence-corrected chi connectivity index (χ1v) is 13.6. The van der Waals surface area contributed by atoms with E-state index in [9.17, 15) is 9.59 Å². The third-order valence-corrected chi connectivity index (χ3v) is 8.19. The number of aromatic carboxylic acids is 1. The molecule has 37 heavy (non-hydrogen) atoms. The first-order chi connectivity index (χ1) is 18.0. The minimum absolute atomic E-state index is 0.282. The van der Waals surface area contributed by atoms with Crippen LogP contribution in [0.1, 0.15) is 108 Å². The fourth-order valence-corrected chi connectivity index (χ4v) is 6.18. The Morgan fingerprint density at radius 1 is 0.730 bits per heavy atom. The summed E-state index contributed by atoms with van der Waals surface area (Å²) in [5, 5.41) is 11.4. The monoisotopic (exact) mass is 500 g/mol. The number of esters is 1. The highest BCUT2D eigenvalue weighted by Crippen LogP contribution is 2.37. The number of hydrogen-bond donors (Lipinski definition) is 3. The Kier molecular flexibility index (Phi) is 7.63. The number of fused-ring (bicyclic) bond motifs is 2. The second-order valence-corrected chi connectivity index (χ2v) is 10.5. The van der Waals surface area contributed by atoms with E-state index in [1.807, 2.05) is 24.3 Å². The molecule has 2 aliphatic carbocycles. The van der Waals surface area contributed by atoms with Gasteiger partial charge in [-0.1, -0.05) is 50.7 Å². The van der Waals surface area contributed by atoms with Gasteiger partial charge < -0.3 is 19.8 Å². The molecule has 0 bridgehead atoms. The quantitative estimate of drug-likeness (QED) is 0.248. The van der Waals surface area contributed by atoms with Crippen LogP contribution >= 0.6 is 0 Å². The zero-order valence-electron chi connectivity index (χ0n) is 21.5. The van der Waals surface area contributed by atoms with Crippen molar-refractivity contribution < 1.29 is 19.4 Å². The first-order valence-electron chi connectivity index (χ1n) is 13.6. The molecule has 2 aromatic carbocycles. The molecule has 0 amide bonds. The van der Waals surface area contributed by atoms with Gasteiger partial charge in [-0.15, -0.1) is 0 Å². The fourth-order valence-electron chi connectivity index (χ4n) is 6.18. The van der Waals surface area contributed by atoms with Gasteiger partial charge >= 0.3 is 11.9 Å². The van der Waals surface area contributed by atoms with Crippen LogP contribution in [0.2, 0.25) is 0 Å². The summed E-state index contributed by atoms with van der Waals surface area (Å²) >= 11 is 0. The van der Waals surface area contributed by atoms with Crippen molar-refractivity contribution in [3.8, 4) is 0 Å². The van der Waals surface area contributed by atoms with Crippen LogP contribution in [0.5, 0.6) is 0 Å². The van der Waals surface area contributed by atoms with Crippen molar-refractivity contribution in [3.05, 3.63) is 71.0 Å². The molecule has 0 unspecified atom stereocenters. The zero-order chi connectivity index (χ0) is 25.8. The number of H-pyrrole nitrogens is 2. The molecule has 6 heteroatoms. The summed E-state index contributed by atoms with van der Waals surface area (Å²) in [5.74, 6) is 0.163. The van der Waals surface area contributed by atoms with E-state index in [4.69, 9.17) is 9.84 Å². The standard InChI is InChI=1S/C16H19NO2.C15H17NO2/c1-19-16(18)12-7-8-13-14(10-17-15(13)9-12)11-5-3-2-4-6-11;17-15(18)11-6-7-12-13(9-16-14(12)8-11)10-4-2-1-3-5-10/h7-11,17H,2-6H2,1H3;6-10,16H,1-5H2,(H,17,18). The molecule has 0 spiro atoms. The minimum atomic E-state index is -0.870. The van der Waals surface area contributed by atoms with Crippen LogP contribution in [0.25, 0.3) is 21.8 Å². The van der Waals surface area contributed by atoms with Crippen LogP contribution in [0.4, 0.5) is 0 Å². The molecule has 2 aliphatic rings. The van der Waals surface area contributed by atoms with E-state index in [1.165, 1.54) is 93.2 Å². The summed E-state index contributed by atoms with van der Waals surface area (Å²) in [7, 11) is 1.41. The molecule has 0 aliphatic heterocycles. The van der Waals surface area contributed by atoms with E-state index in [-0.39, 0.29) is 5.97 Å². The van der Waals surface area contributed by atoms with E-state index < -0.39 is 5.97 Å². The Morgan fingerprint density at radius 3 is 1.65 bits per heavy atom. The summed E-state index contributed by atoms with van der Waals surface area (Å²) < 4.78 is 4.76. The van der Waals surface area contributed by atoms with Crippen LogP contribution in [-0.2, 0) is 4.74 Å². The van der Waals surface area contributed by atoms with Crippen molar-refractivity contribution in [3.63, 3.8) is 0 Å².